The molecule has 0 bridgehead atoms. The van der Waals surface area contributed by atoms with Crippen molar-refractivity contribution >= 4 is 65.0 Å². The molecule has 1 heterocycles. The van der Waals surface area contributed by atoms with Crippen LogP contribution in [0.5, 0.6) is 0 Å². The summed E-state index contributed by atoms with van der Waals surface area (Å²) in [6.07, 6.45) is 0.676. The van der Waals surface area contributed by atoms with Crippen LogP contribution in [0.15, 0.2) is 0 Å². The Labute approximate surface area is 456 Å². The number of aliphatic hydroxyl groups excluding tert-OH is 1. The molecule has 1 aliphatic rings. The standard InChI is InChI=1S/C49H92N16O13/c1-7-8-9-10-11-12-37(67)58-30(13-19-50)45(73)65-39(28(5)66)48(76)62-33(16-22-53)42(70)61-34-18-24-56-47(75)38(55)29(6)78-49(77)35(17-23-54)63-43(71)32(15-21-52)60-46(74)36(25-26(2)3)64-40(68)27(4)57-41(69)31(14-20-51)59-44(34)72/h26-36,38-39,66H,7-25,50-55H2,1-6H3,(H,56,75)(H,57,69)(H,58,67)(H,59,72)(H,60,74)(H,61,70)(H,62,76)(H,63,71)(H,64,68)(H,65,73)/t27-,28-,29-,30+,31?,32+,33+,34?,35+,36+,38+,39+/m1/s1. The lowest BCUT2D eigenvalue weighted by Crippen LogP contribution is -2.62. The van der Waals surface area contributed by atoms with E-state index >= 15 is 0 Å². The molecule has 0 radical (unpaired) electrons. The predicted molar refractivity (Wildman–Crippen MR) is 287 cm³/mol. The third-order valence-corrected chi connectivity index (χ3v) is 12.6. The highest BCUT2D eigenvalue weighted by molar-refractivity contribution is 5.98. The van der Waals surface area contributed by atoms with Crippen LogP contribution in [-0.2, 0) is 57.5 Å². The minimum Gasteiger partial charge on any atom is -0.459 e. The molecule has 0 saturated carbocycles. The van der Waals surface area contributed by atoms with Gasteiger partial charge in [0.1, 0.15) is 66.5 Å². The van der Waals surface area contributed by atoms with Gasteiger partial charge in [-0.3, -0.25) is 47.9 Å². The molecule has 0 aromatic carbocycles. The third kappa shape index (κ3) is 25.6. The van der Waals surface area contributed by atoms with Crippen LogP contribution in [0.2, 0.25) is 0 Å². The average molecular weight is 1110 g/mol. The minimum absolute atomic E-state index is 0.00366. The monoisotopic (exact) mass is 1110 g/mol. The molecule has 78 heavy (non-hydrogen) atoms. The number of nitrogens with two attached hydrogens (primary N) is 6. The fraction of sp³-hybridized carbons (Fsp3) is 0.776. The van der Waals surface area contributed by atoms with Crippen LogP contribution in [0.4, 0.5) is 0 Å². The summed E-state index contributed by atoms with van der Waals surface area (Å²) in [5, 5.41) is 35.9. The Bertz CT molecular complexity index is 1970. The number of ether oxygens (including phenoxy) is 1. The van der Waals surface area contributed by atoms with Crippen LogP contribution >= 0.6 is 0 Å². The number of hydrogen-bond acceptors (Lipinski definition) is 19. The van der Waals surface area contributed by atoms with Gasteiger partial charge in [-0.05, 0) is 111 Å². The zero-order valence-electron chi connectivity index (χ0n) is 46.3. The lowest BCUT2D eigenvalue weighted by atomic mass is 10.0. The van der Waals surface area contributed by atoms with Crippen molar-refractivity contribution in [2.45, 2.75) is 198 Å². The normalized spacial score (nSPS) is 24.2. The van der Waals surface area contributed by atoms with Crippen molar-refractivity contribution in [2.75, 3.05) is 39.3 Å². The van der Waals surface area contributed by atoms with Gasteiger partial charge in [0.05, 0.1) is 6.10 Å². The first-order chi connectivity index (χ1) is 36.9. The summed E-state index contributed by atoms with van der Waals surface area (Å²) in [7, 11) is 0. The van der Waals surface area contributed by atoms with Gasteiger partial charge in [0.15, 0.2) is 0 Å². The van der Waals surface area contributed by atoms with Crippen molar-refractivity contribution in [1.82, 2.24) is 53.2 Å². The molecule has 1 aliphatic heterocycles. The Morgan fingerprint density at radius 1 is 0.615 bits per heavy atom. The summed E-state index contributed by atoms with van der Waals surface area (Å²) in [5.74, 6) is -9.72. The molecule has 0 spiro atoms. The zero-order chi connectivity index (χ0) is 59.1. The molecule has 0 aliphatic carbocycles. The van der Waals surface area contributed by atoms with Gasteiger partial charge in [-0.15, -0.1) is 0 Å². The number of aliphatic hydroxyl groups is 1. The van der Waals surface area contributed by atoms with Gasteiger partial charge in [-0.25, -0.2) is 4.79 Å². The molecule has 1 fully saturated rings. The molecule has 2 unspecified atom stereocenters. The van der Waals surface area contributed by atoms with Crippen LogP contribution in [0.3, 0.4) is 0 Å². The molecule has 446 valence electrons. The highest BCUT2D eigenvalue weighted by Crippen LogP contribution is 2.11. The van der Waals surface area contributed by atoms with E-state index in [4.69, 9.17) is 39.1 Å². The summed E-state index contributed by atoms with van der Waals surface area (Å²) in [5.41, 5.74) is 35.2. The lowest BCUT2D eigenvalue weighted by molar-refractivity contribution is -0.154. The second-order valence-electron chi connectivity index (χ2n) is 19.9. The Hall–Kier alpha value is -6.11. The molecule has 0 aromatic heterocycles. The molecule has 0 aromatic rings. The summed E-state index contributed by atoms with van der Waals surface area (Å²) in [6.45, 7) is 8.48. The topological polar surface area (TPSA) is 494 Å². The van der Waals surface area contributed by atoms with Crippen molar-refractivity contribution in [2.24, 2.45) is 40.3 Å². The average Bonchev–Trinajstić information content (AvgIpc) is 3.37. The van der Waals surface area contributed by atoms with E-state index in [0.717, 1.165) is 25.7 Å². The summed E-state index contributed by atoms with van der Waals surface area (Å²) >= 11 is 0. The Morgan fingerprint density at radius 3 is 1.68 bits per heavy atom. The quantitative estimate of drug-likeness (QED) is 0.0283. The van der Waals surface area contributed by atoms with Gasteiger partial charge in [0.25, 0.3) is 0 Å². The highest BCUT2D eigenvalue weighted by atomic mass is 16.5. The van der Waals surface area contributed by atoms with E-state index in [2.05, 4.69) is 60.1 Å². The van der Waals surface area contributed by atoms with Crippen LogP contribution in [-0.4, -0.2) is 182 Å². The van der Waals surface area contributed by atoms with Crippen molar-refractivity contribution in [3.8, 4) is 0 Å². The zero-order valence-corrected chi connectivity index (χ0v) is 46.3. The molecule has 1 saturated heterocycles. The van der Waals surface area contributed by atoms with E-state index in [9.17, 15) is 57.8 Å². The number of nitrogens with one attached hydrogen (secondary N) is 10. The molecule has 12 atom stereocenters. The summed E-state index contributed by atoms with van der Waals surface area (Å²) in [4.78, 5) is 150. The maximum Gasteiger partial charge on any atom is 0.329 e. The number of unbranched alkanes of at least 4 members (excludes halogenated alkanes) is 4. The summed E-state index contributed by atoms with van der Waals surface area (Å²) in [6, 6.07) is -14.2. The number of hydrogen-bond donors (Lipinski definition) is 17. The second kappa shape index (κ2) is 37.7. The first-order valence-corrected chi connectivity index (χ1v) is 27.0. The van der Waals surface area contributed by atoms with Crippen LogP contribution in [0.25, 0.3) is 0 Å². The molecule has 10 amide bonds. The molecule has 29 nitrogen and oxygen atoms in total. The fourth-order valence-electron chi connectivity index (χ4n) is 7.98. The lowest BCUT2D eigenvalue weighted by Gasteiger charge is -2.29. The molecular weight excluding hydrogens is 1020 g/mol. The van der Waals surface area contributed by atoms with E-state index in [-0.39, 0.29) is 83.6 Å². The number of esters is 1. The van der Waals surface area contributed by atoms with Crippen LogP contribution in [0, 0.1) is 5.92 Å². The Morgan fingerprint density at radius 2 is 1.13 bits per heavy atom. The van der Waals surface area contributed by atoms with Gasteiger partial charge in [-0.2, -0.15) is 0 Å². The predicted octanol–water partition coefficient (Wildman–Crippen LogP) is -6.32. The van der Waals surface area contributed by atoms with Crippen molar-refractivity contribution < 1.29 is 62.6 Å². The SMILES string of the molecule is CCCCCCCC(=O)N[C@@H](CCN)C(=O)N[C@H](C(=O)N[C@@H](CCN)C(=O)NC1CCNC(=O)[C@@H](N)[C@@H](C)OC(=O)[C@H](CCN)NC(=O)[C@H](CCN)NC(=O)[C@H](CC(C)C)NC(=O)[C@@H](C)NC(=O)C(CCN)NC1=O)[C@@H](C)O. The fourth-order valence-corrected chi connectivity index (χ4v) is 7.98. The van der Waals surface area contributed by atoms with Crippen LogP contribution < -0.4 is 87.6 Å². The third-order valence-electron chi connectivity index (χ3n) is 12.6. The first-order valence-electron chi connectivity index (χ1n) is 27.0. The number of rotatable bonds is 26. The minimum atomic E-state index is -1.67. The van der Waals surface area contributed by atoms with E-state index in [1.54, 1.807) is 13.8 Å². The van der Waals surface area contributed by atoms with Gasteiger partial charge in [0.2, 0.25) is 59.1 Å². The van der Waals surface area contributed by atoms with E-state index in [1.807, 2.05) is 0 Å². The maximum absolute atomic E-state index is 14.2. The van der Waals surface area contributed by atoms with E-state index < -0.39 is 151 Å². The molecule has 29 heteroatoms. The van der Waals surface area contributed by atoms with Crippen molar-refractivity contribution in [3.05, 3.63) is 0 Å². The number of cyclic esters (lactones) is 1. The smallest absolute Gasteiger partial charge is 0.329 e. The van der Waals surface area contributed by atoms with E-state index in [1.165, 1.54) is 20.8 Å². The molecule has 1 rings (SSSR count). The van der Waals surface area contributed by atoms with E-state index in [0.29, 0.717) is 6.42 Å². The summed E-state index contributed by atoms with van der Waals surface area (Å²) < 4.78 is 5.48. The van der Waals surface area contributed by atoms with Crippen molar-refractivity contribution in [1.29, 1.82) is 0 Å². The van der Waals surface area contributed by atoms with Gasteiger partial charge < -0.3 is 97.4 Å². The number of amides is 10. The van der Waals surface area contributed by atoms with Gasteiger partial charge >= 0.3 is 5.97 Å². The second-order valence-corrected chi connectivity index (χ2v) is 19.9. The number of carbonyl (C=O) groups is 11. The van der Waals surface area contributed by atoms with Gasteiger partial charge in [-0.1, -0.05) is 46.5 Å². The largest absolute Gasteiger partial charge is 0.459 e. The van der Waals surface area contributed by atoms with Crippen LogP contribution in [0.1, 0.15) is 125 Å². The number of carbonyl (C=O) groups excluding carboxylic acids is 11. The molecular formula is C49H92N16O13. The highest BCUT2D eigenvalue weighted by Gasteiger charge is 2.37. The van der Waals surface area contributed by atoms with Crippen molar-refractivity contribution in [3.63, 3.8) is 0 Å². The molecule has 23 N–H and O–H groups in total. The Kier molecular flexibility index (Phi) is 33.8. The van der Waals surface area contributed by atoms with Gasteiger partial charge in [0, 0.05) is 13.0 Å². The maximum atomic E-state index is 14.2. The Balaban J connectivity index is 3.64. The first kappa shape index (κ1) is 69.9.